The summed E-state index contributed by atoms with van der Waals surface area (Å²) in [5.74, 6) is -10.2. The minimum Gasteiger partial charge on any atom is -0.229 e. The van der Waals surface area contributed by atoms with Crippen molar-refractivity contribution in [3.05, 3.63) is 123 Å². The van der Waals surface area contributed by atoms with E-state index in [1.54, 1.807) is 12.1 Å². The molecule has 36 heavy (non-hydrogen) atoms. The van der Waals surface area contributed by atoms with Crippen LogP contribution in [0.1, 0.15) is 27.8 Å². The smallest absolute Gasteiger partial charge is 0.229 e. The van der Waals surface area contributed by atoms with E-state index in [4.69, 9.17) is 22.1 Å². The van der Waals surface area contributed by atoms with E-state index >= 15 is 17.6 Å². The molecule has 2 atom stereocenters. The van der Waals surface area contributed by atoms with Crippen LogP contribution in [0.5, 0.6) is 0 Å². The van der Waals surface area contributed by atoms with Crippen molar-refractivity contribution >= 4 is 17.2 Å². The van der Waals surface area contributed by atoms with Crippen molar-refractivity contribution in [2.45, 2.75) is 11.3 Å². The molecule has 0 N–H and O–H groups in total. The lowest BCUT2D eigenvalue weighted by molar-refractivity contribution is -0.00207. The van der Waals surface area contributed by atoms with Crippen LogP contribution in [-0.4, -0.2) is 0 Å². The first-order valence-electron chi connectivity index (χ1n) is 10.0. The van der Waals surface area contributed by atoms with Gasteiger partial charge >= 0.3 is 0 Å². The number of rotatable bonds is 3. The number of nitrogens with zero attached hydrogens (tertiary/aromatic N) is 2. The van der Waals surface area contributed by atoms with Gasteiger partial charge in [0, 0.05) is 11.1 Å². The van der Waals surface area contributed by atoms with Crippen molar-refractivity contribution in [2.75, 3.05) is 0 Å². The first-order chi connectivity index (χ1) is 17.0. The van der Waals surface area contributed by atoms with Crippen molar-refractivity contribution in [1.29, 1.82) is 10.5 Å². The summed E-state index contributed by atoms with van der Waals surface area (Å²) in [6.07, 6.45) is 0. The summed E-state index contributed by atoms with van der Waals surface area (Å²) >= 11 is 5.98. The molecule has 0 fully saturated rings. The second-order valence-corrected chi connectivity index (χ2v) is 8.17. The third kappa shape index (κ3) is 3.47. The van der Waals surface area contributed by atoms with Gasteiger partial charge in [-0.2, -0.15) is 10.5 Å². The molecule has 0 aromatic heterocycles. The van der Waals surface area contributed by atoms with Crippen LogP contribution in [0, 0.1) is 34.3 Å². The number of alkyl halides is 2. The molecule has 1 aliphatic carbocycles. The zero-order valence-electron chi connectivity index (χ0n) is 17.7. The molecule has 3 aromatic rings. The van der Waals surface area contributed by atoms with Crippen LogP contribution in [0.15, 0.2) is 78.1 Å². The van der Waals surface area contributed by atoms with Crippen LogP contribution in [0.4, 0.5) is 30.7 Å². The second kappa shape index (κ2) is 8.85. The number of allylic oxidation sites excluding steroid dienone is 4. The van der Waals surface area contributed by atoms with Gasteiger partial charge in [0.05, 0.1) is 22.2 Å². The van der Waals surface area contributed by atoms with E-state index < -0.39 is 62.7 Å². The molecular formula is C26H10ClF7N2. The molecule has 0 saturated carbocycles. The van der Waals surface area contributed by atoms with Gasteiger partial charge in [0.25, 0.3) is 0 Å². The van der Waals surface area contributed by atoms with Crippen molar-refractivity contribution in [3.8, 4) is 12.1 Å². The number of hydrogen-bond acceptors (Lipinski definition) is 2. The van der Waals surface area contributed by atoms with E-state index in [2.05, 4.69) is 0 Å². The van der Waals surface area contributed by atoms with E-state index in [0.717, 1.165) is 42.5 Å². The van der Waals surface area contributed by atoms with Crippen molar-refractivity contribution in [2.24, 2.45) is 0 Å². The number of hydrogen-bond donors (Lipinski definition) is 0. The molecule has 3 aromatic carbocycles. The van der Waals surface area contributed by atoms with Gasteiger partial charge in [-0.3, -0.25) is 0 Å². The molecule has 180 valence electrons. The summed E-state index contributed by atoms with van der Waals surface area (Å²) in [6, 6.07) is 11.0. The van der Waals surface area contributed by atoms with Crippen molar-refractivity contribution in [3.63, 3.8) is 0 Å². The van der Waals surface area contributed by atoms with Gasteiger partial charge < -0.3 is 0 Å². The fraction of sp³-hybridized carbons (Fsp3) is 0.0769. The van der Waals surface area contributed by atoms with Gasteiger partial charge in [0.15, 0.2) is 29.1 Å². The largest absolute Gasteiger partial charge is 0.232 e. The average molecular weight is 519 g/mol. The maximum atomic E-state index is 17.3. The fourth-order valence-corrected chi connectivity index (χ4v) is 4.30. The SMILES string of the molecule is N#Cc1ccc(C2(F)C(c3ccc(C#N)c(Cl)c3)=C(F)C(F)=C(F)C2(F)c2ccc(F)c(F)c2)cc1. The molecule has 2 nitrogen and oxygen atoms in total. The molecule has 0 saturated heterocycles. The van der Waals surface area contributed by atoms with Gasteiger partial charge in [-0.1, -0.05) is 35.9 Å². The molecule has 1 aliphatic rings. The Bertz CT molecular complexity index is 1550. The normalized spacial score (nSPS) is 21.8. The standard InChI is InChI=1S/C26H10ClF7N2/c27-18-9-14(3-4-15(18)12-36)21-22(30)23(31)24(32)26(34,17-7-8-19(28)20(29)10-17)25(21,33)16-5-1-13(11-35)2-6-16/h1-10H. The number of nitriles is 2. The van der Waals surface area contributed by atoms with Crippen LogP contribution in [-0.2, 0) is 11.3 Å². The molecule has 0 heterocycles. The molecule has 10 heteroatoms. The van der Waals surface area contributed by atoms with E-state index in [-0.39, 0.29) is 22.2 Å². The number of halogens is 8. The van der Waals surface area contributed by atoms with Gasteiger partial charge in [0.1, 0.15) is 6.07 Å². The van der Waals surface area contributed by atoms with Crippen molar-refractivity contribution in [1.82, 2.24) is 0 Å². The maximum Gasteiger partial charge on any atom is 0.232 e. The highest BCUT2D eigenvalue weighted by Crippen LogP contribution is 2.63. The molecular weight excluding hydrogens is 509 g/mol. The lowest BCUT2D eigenvalue weighted by Gasteiger charge is -2.43. The fourth-order valence-electron chi connectivity index (χ4n) is 4.07. The Labute approximate surface area is 204 Å². The van der Waals surface area contributed by atoms with Crippen LogP contribution in [0.2, 0.25) is 5.02 Å². The lowest BCUT2D eigenvalue weighted by atomic mass is 9.66. The van der Waals surface area contributed by atoms with E-state index in [1.165, 1.54) is 0 Å². The summed E-state index contributed by atoms with van der Waals surface area (Å²) in [5, 5.41) is 17.8. The summed E-state index contributed by atoms with van der Waals surface area (Å²) in [4.78, 5) is 0. The molecule has 0 amide bonds. The van der Waals surface area contributed by atoms with Gasteiger partial charge in [0.2, 0.25) is 11.3 Å². The summed E-state index contributed by atoms with van der Waals surface area (Å²) < 4.78 is 107. The van der Waals surface area contributed by atoms with E-state index in [1.807, 2.05) is 0 Å². The monoisotopic (exact) mass is 518 g/mol. The molecule has 0 radical (unpaired) electrons. The zero-order chi connectivity index (χ0) is 26.4. The Hall–Kier alpha value is -4.08. The highest BCUT2D eigenvalue weighted by Gasteiger charge is 2.66. The molecule has 0 spiro atoms. The number of benzene rings is 3. The van der Waals surface area contributed by atoms with Crippen LogP contribution < -0.4 is 0 Å². The summed E-state index contributed by atoms with van der Waals surface area (Å²) in [6.45, 7) is 0. The molecule has 2 unspecified atom stereocenters. The minimum absolute atomic E-state index is 0.0231. The quantitative estimate of drug-likeness (QED) is 0.330. The third-order valence-electron chi connectivity index (χ3n) is 5.83. The Balaban J connectivity index is 2.15. The zero-order valence-corrected chi connectivity index (χ0v) is 18.4. The summed E-state index contributed by atoms with van der Waals surface area (Å²) in [7, 11) is 0. The topological polar surface area (TPSA) is 47.6 Å². The molecule has 4 rings (SSSR count). The second-order valence-electron chi connectivity index (χ2n) is 7.76. The Morgan fingerprint density at radius 3 is 1.86 bits per heavy atom. The Morgan fingerprint density at radius 2 is 1.31 bits per heavy atom. The average Bonchev–Trinajstić information content (AvgIpc) is 2.88. The predicted octanol–water partition coefficient (Wildman–Crippen LogP) is 7.94. The van der Waals surface area contributed by atoms with Crippen LogP contribution >= 0.6 is 11.6 Å². The van der Waals surface area contributed by atoms with Gasteiger partial charge in [-0.05, 0) is 47.5 Å². The predicted molar refractivity (Wildman–Crippen MR) is 117 cm³/mol. The lowest BCUT2D eigenvalue weighted by Crippen LogP contribution is -2.47. The highest BCUT2D eigenvalue weighted by atomic mass is 35.5. The van der Waals surface area contributed by atoms with Crippen LogP contribution in [0.3, 0.4) is 0 Å². The first kappa shape index (κ1) is 25.0. The van der Waals surface area contributed by atoms with Gasteiger partial charge in [-0.15, -0.1) is 0 Å². The van der Waals surface area contributed by atoms with E-state index in [0.29, 0.717) is 12.1 Å². The highest BCUT2D eigenvalue weighted by molar-refractivity contribution is 6.31. The van der Waals surface area contributed by atoms with Crippen molar-refractivity contribution < 1.29 is 30.7 Å². The third-order valence-corrected chi connectivity index (χ3v) is 6.15. The first-order valence-corrected chi connectivity index (χ1v) is 10.4. The maximum absolute atomic E-state index is 17.3. The molecule has 0 aliphatic heterocycles. The van der Waals surface area contributed by atoms with Crippen LogP contribution in [0.25, 0.3) is 5.57 Å². The summed E-state index contributed by atoms with van der Waals surface area (Å²) in [5.41, 5.74) is -12.2. The Morgan fingerprint density at radius 1 is 0.667 bits per heavy atom. The Kier molecular flexibility index (Phi) is 6.15. The minimum atomic E-state index is -4.24. The van der Waals surface area contributed by atoms with E-state index in [9.17, 15) is 13.2 Å². The van der Waals surface area contributed by atoms with Gasteiger partial charge in [-0.25, -0.2) is 30.7 Å². The molecule has 0 bridgehead atoms.